The van der Waals surface area contributed by atoms with Gasteiger partial charge in [-0.1, -0.05) is 34.8 Å². The van der Waals surface area contributed by atoms with Crippen molar-refractivity contribution < 1.29 is 18.1 Å². The molecule has 27 heavy (non-hydrogen) atoms. The van der Waals surface area contributed by atoms with E-state index in [-0.39, 0.29) is 37.1 Å². The van der Waals surface area contributed by atoms with E-state index < -0.39 is 14.9 Å². The van der Waals surface area contributed by atoms with Gasteiger partial charge in [-0.2, -0.15) is 0 Å². The van der Waals surface area contributed by atoms with Crippen LogP contribution in [0.3, 0.4) is 0 Å². The molecule has 0 bridgehead atoms. The number of benzene rings is 2. The fourth-order valence-corrected chi connectivity index (χ4v) is 4.29. The Labute approximate surface area is 170 Å². The van der Waals surface area contributed by atoms with Crippen LogP contribution in [0.1, 0.15) is 12.8 Å². The molecular formula is C16H13Cl3N2O5S. The number of non-ortho nitro benzene ring substituents is 1. The van der Waals surface area contributed by atoms with Crippen molar-refractivity contribution >= 4 is 50.5 Å². The van der Waals surface area contributed by atoms with Crippen LogP contribution in [0.2, 0.25) is 15.1 Å². The van der Waals surface area contributed by atoms with Gasteiger partial charge < -0.3 is 4.74 Å². The van der Waals surface area contributed by atoms with Gasteiger partial charge in [-0.3, -0.25) is 10.1 Å². The van der Waals surface area contributed by atoms with Crippen molar-refractivity contribution in [3.05, 3.63) is 55.5 Å². The second-order valence-corrected chi connectivity index (χ2v) is 8.97. The van der Waals surface area contributed by atoms with Gasteiger partial charge in [0.05, 0.1) is 24.9 Å². The molecule has 0 aromatic heterocycles. The lowest BCUT2D eigenvalue weighted by molar-refractivity contribution is -0.384. The van der Waals surface area contributed by atoms with Crippen molar-refractivity contribution in [3.63, 3.8) is 0 Å². The molecule has 1 aliphatic rings. The molecule has 7 nitrogen and oxygen atoms in total. The number of rotatable bonds is 7. The molecule has 3 rings (SSSR count). The summed E-state index contributed by atoms with van der Waals surface area (Å²) in [5.41, 5.74) is -0.201. The van der Waals surface area contributed by atoms with Crippen LogP contribution in [0.4, 0.5) is 5.69 Å². The normalized spacial score (nSPS) is 14.2. The zero-order chi connectivity index (χ0) is 19.8. The Kier molecular flexibility index (Phi) is 5.83. The van der Waals surface area contributed by atoms with Gasteiger partial charge in [-0.05, 0) is 37.0 Å². The quantitative estimate of drug-likeness (QED) is 0.470. The lowest BCUT2D eigenvalue weighted by Crippen LogP contribution is -2.25. The zero-order valence-electron chi connectivity index (χ0n) is 13.6. The summed E-state index contributed by atoms with van der Waals surface area (Å²) in [6.07, 6.45) is 2.01. The lowest BCUT2D eigenvalue weighted by atomic mass is 10.3. The molecule has 0 radical (unpaired) electrons. The Morgan fingerprint density at radius 3 is 2.26 bits per heavy atom. The first-order valence-electron chi connectivity index (χ1n) is 7.78. The van der Waals surface area contributed by atoms with E-state index in [1.54, 1.807) is 0 Å². The number of nitro benzene ring substituents is 1. The predicted octanol–water partition coefficient (Wildman–Crippen LogP) is 5.04. The second kappa shape index (κ2) is 7.81. The minimum absolute atomic E-state index is 0.00442. The summed E-state index contributed by atoms with van der Waals surface area (Å²) in [4.78, 5) is 10.1. The maximum absolute atomic E-state index is 12.3. The third kappa shape index (κ3) is 4.83. The Bertz CT molecular complexity index is 986. The van der Waals surface area contributed by atoms with Crippen molar-refractivity contribution in [2.45, 2.75) is 17.7 Å². The molecule has 0 amide bonds. The number of halogens is 3. The highest BCUT2D eigenvalue weighted by Crippen LogP contribution is 2.41. The van der Waals surface area contributed by atoms with E-state index in [1.165, 1.54) is 24.3 Å². The third-order valence-electron chi connectivity index (χ3n) is 3.88. The fourth-order valence-electron chi connectivity index (χ4n) is 2.22. The summed E-state index contributed by atoms with van der Waals surface area (Å²) in [6.45, 7) is 0.369. The van der Waals surface area contributed by atoms with Gasteiger partial charge in [0.15, 0.2) is 5.75 Å². The highest BCUT2D eigenvalue weighted by atomic mass is 35.5. The van der Waals surface area contributed by atoms with Gasteiger partial charge in [-0.15, -0.1) is 0 Å². The van der Waals surface area contributed by atoms with Gasteiger partial charge in [0, 0.05) is 18.7 Å². The van der Waals surface area contributed by atoms with Crippen LogP contribution in [0, 0.1) is 16.0 Å². The Hall–Kier alpha value is -1.58. The van der Waals surface area contributed by atoms with E-state index >= 15 is 0 Å². The molecule has 2 aromatic rings. The molecule has 0 spiro atoms. The molecule has 0 aliphatic heterocycles. The molecule has 1 aliphatic carbocycles. The molecule has 2 aromatic carbocycles. The van der Waals surface area contributed by atoms with Crippen molar-refractivity contribution in [3.8, 4) is 11.5 Å². The molecular weight excluding hydrogens is 439 g/mol. The standard InChI is InChI=1S/C16H13Cl3N2O5S/c17-12-5-10(21(22)23)3-4-15(12)26-16-13(18)6-11(7-14(16)19)27(24,25)20-8-9-1-2-9/h3-7,9,20H,1-2,8H2. The molecule has 0 saturated heterocycles. The smallest absolute Gasteiger partial charge is 0.271 e. The number of hydrogen-bond acceptors (Lipinski definition) is 5. The van der Waals surface area contributed by atoms with Crippen LogP contribution in [-0.2, 0) is 10.0 Å². The van der Waals surface area contributed by atoms with Crippen LogP contribution in [-0.4, -0.2) is 19.9 Å². The zero-order valence-corrected chi connectivity index (χ0v) is 16.7. The number of nitrogens with zero attached hydrogens (tertiary/aromatic N) is 1. The van der Waals surface area contributed by atoms with Crippen molar-refractivity contribution in [2.24, 2.45) is 5.92 Å². The summed E-state index contributed by atoms with van der Waals surface area (Å²) in [7, 11) is -3.75. The molecule has 0 unspecified atom stereocenters. The van der Waals surface area contributed by atoms with E-state index in [9.17, 15) is 18.5 Å². The number of ether oxygens (including phenoxy) is 1. The maximum atomic E-state index is 12.3. The second-order valence-electron chi connectivity index (χ2n) is 5.99. The molecule has 1 fully saturated rings. The fraction of sp³-hybridized carbons (Fsp3) is 0.250. The summed E-state index contributed by atoms with van der Waals surface area (Å²) >= 11 is 18.3. The van der Waals surface area contributed by atoms with E-state index in [2.05, 4.69) is 4.72 Å². The highest BCUT2D eigenvalue weighted by molar-refractivity contribution is 7.89. The monoisotopic (exact) mass is 450 g/mol. The molecule has 1 N–H and O–H groups in total. The van der Waals surface area contributed by atoms with Crippen LogP contribution in [0.25, 0.3) is 0 Å². The summed E-state index contributed by atoms with van der Waals surface area (Å²) in [5.74, 6) is 0.460. The Morgan fingerprint density at radius 1 is 1.11 bits per heavy atom. The van der Waals surface area contributed by atoms with E-state index in [4.69, 9.17) is 39.5 Å². The SMILES string of the molecule is O=[N+]([O-])c1ccc(Oc2c(Cl)cc(S(=O)(=O)NCC3CC3)cc2Cl)c(Cl)c1. The van der Waals surface area contributed by atoms with Gasteiger partial charge in [-0.25, -0.2) is 13.1 Å². The summed E-state index contributed by atoms with van der Waals surface area (Å²) in [5, 5.41) is 10.7. The maximum Gasteiger partial charge on any atom is 0.271 e. The molecule has 11 heteroatoms. The summed E-state index contributed by atoms with van der Waals surface area (Å²) < 4.78 is 32.7. The minimum Gasteiger partial charge on any atom is -0.453 e. The Morgan fingerprint density at radius 2 is 1.74 bits per heavy atom. The highest BCUT2D eigenvalue weighted by Gasteiger charge is 2.25. The largest absolute Gasteiger partial charge is 0.453 e. The summed E-state index contributed by atoms with van der Waals surface area (Å²) in [6, 6.07) is 6.08. The lowest BCUT2D eigenvalue weighted by Gasteiger charge is -2.13. The van der Waals surface area contributed by atoms with Crippen LogP contribution < -0.4 is 9.46 Å². The number of hydrogen-bond donors (Lipinski definition) is 1. The topological polar surface area (TPSA) is 98.5 Å². The van der Waals surface area contributed by atoms with Gasteiger partial charge in [0.1, 0.15) is 5.75 Å². The number of nitrogens with one attached hydrogen (secondary N) is 1. The van der Waals surface area contributed by atoms with Gasteiger partial charge in [0.2, 0.25) is 10.0 Å². The average molecular weight is 452 g/mol. The molecule has 144 valence electrons. The molecule has 0 atom stereocenters. The van der Waals surface area contributed by atoms with Gasteiger partial charge >= 0.3 is 0 Å². The van der Waals surface area contributed by atoms with Crippen molar-refractivity contribution in [1.29, 1.82) is 0 Å². The van der Waals surface area contributed by atoms with E-state index in [0.717, 1.165) is 18.9 Å². The van der Waals surface area contributed by atoms with Crippen molar-refractivity contribution in [2.75, 3.05) is 6.54 Å². The number of sulfonamides is 1. The van der Waals surface area contributed by atoms with Crippen LogP contribution in [0.15, 0.2) is 35.2 Å². The Balaban J connectivity index is 1.86. The molecule has 1 saturated carbocycles. The first-order chi connectivity index (χ1) is 12.7. The van der Waals surface area contributed by atoms with Crippen molar-refractivity contribution in [1.82, 2.24) is 4.72 Å². The van der Waals surface area contributed by atoms with E-state index in [1.807, 2.05) is 0 Å². The molecule has 0 heterocycles. The predicted molar refractivity (Wildman–Crippen MR) is 103 cm³/mol. The average Bonchev–Trinajstić information content (AvgIpc) is 3.41. The third-order valence-corrected chi connectivity index (χ3v) is 6.14. The van der Waals surface area contributed by atoms with E-state index in [0.29, 0.717) is 12.5 Å². The van der Waals surface area contributed by atoms with Crippen LogP contribution in [0.5, 0.6) is 11.5 Å². The van der Waals surface area contributed by atoms with Gasteiger partial charge in [0.25, 0.3) is 5.69 Å². The number of nitro groups is 1. The first-order valence-corrected chi connectivity index (χ1v) is 10.4. The first kappa shape index (κ1) is 20.2. The minimum atomic E-state index is -3.75. The van der Waals surface area contributed by atoms with Crippen LogP contribution >= 0.6 is 34.8 Å².